The van der Waals surface area contributed by atoms with Crippen molar-refractivity contribution in [2.75, 3.05) is 13.1 Å². The Kier molecular flexibility index (Phi) is 3.23. The summed E-state index contributed by atoms with van der Waals surface area (Å²) in [6, 6.07) is 3.71. The molecule has 0 spiro atoms. The van der Waals surface area contributed by atoms with Gasteiger partial charge in [0, 0.05) is 31.4 Å². The lowest BCUT2D eigenvalue weighted by Gasteiger charge is -2.28. The molecule has 0 atom stereocenters. The van der Waals surface area contributed by atoms with Crippen LogP contribution < -0.4 is 4.72 Å². The van der Waals surface area contributed by atoms with Crippen molar-refractivity contribution in [2.45, 2.75) is 13.3 Å². The van der Waals surface area contributed by atoms with Gasteiger partial charge < -0.3 is 0 Å². The van der Waals surface area contributed by atoms with E-state index in [1.807, 2.05) is 19.1 Å². The number of hydrogen-bond donors (Lipinski definition) is 1. The molecule has 1 amide bonds. The third-order valence-electron chi connectivity index (χ3n) is 2.31. The molecule has 0 bridgehead atoms. The Morgan fingerprint density at radius 3 is 3.00 bits per heavy atom. The van der Waals surface area contributed by atoms with Crippen molar-refractivity contribution in [2.24, 2.45) is 0 Å². The monoisotopic (exact) mass is 223 g/mol. The molecular formula is C10H13N3OS. The molecule has 1 aromatic rings. The Labute approximate surface area is 93.3 Å². The van der Waals surface area contributed by atoms with Gasteiger partial charge in [0.25, 0.3) is 5.91 Å². The fourth-order valence-corrected chi connectivity index (χ4v) is 2.01. The molecule has 1 fully saturated rings. The summed E-state index contributed by atoms with van der Waals surface area (Å²) in [4.78, 5) is 15.7. The number of hydrogen-bond acceptors (Lipinski definition) is 4. The summed E-state index contributed by atoms with van der Waals surface area (Å²) in [5.41, 5.74) is 1.41. The van der Waals surface area contributed by atoms with E-state index in [4.69, 9.17) is 0 Å². The van der Waals surface area contributed by atoms with Gasteiger partial charge in [-0.2, -0.15) is 0 Å². The molecule has 0 aromatic carbocycles. The molecule has 0 saturated carbocycles. The third-order valence-corrected chi connectivity index (χ3v) is 3.21. The Morgan fingerprint density at radius 1 is 1.60 bits per heavy atom. The van der Waals surface area contributed by atoms with E-state index in [0.29, 0.717) is 5.69 Å². The first kappa shape index (κ1) is 10.4. The first-order chi connectivity index (χ1) is 7.27. The minimum atomic E-state index is -0.120. The smallest absolute Gasteiger partial charge is 0.280 e. The summed E-state index contributed by atoms with van der Waals surface area (Å²) in [6.45, 7) is 3.98. The van der Waals surface area contributed by atoms with Gasteiger partial charge in [0.15, 0.2) is 0 Å². The van der Waals surface area contributed by atoms with Crippen molar-refractivity contribution >= 4 is 18.0 Å². The van der Waals surface area contributed by atoms with Crippen LogP contribution in [0.2, 0.25) is 0 Å². The number of aryl methyl sites for hydroxylation is 1. The number of aromatic nitrogens is 1. The normalized spacial score (nSPS) is 15.8. The van der Waals surface area contributed by atoms with E-state index >= 15 is 0 Å². The second kappa shape index (κ2) is 4.63. The second-order valence-corrected chi connectivity index (χ2v) is 4.38. The molecule has 1 saturated heterocycles. The fourth-order valence-electron chi connectivity index (χ4n) is 1.26. The highest BCUT2D eigenvalue weighted by molar-refractivity contribution is 7.95. The highest BCUT2D eigenvalue weighted by Crippen LogP contribution is 2.16. The van der Waals surface area contributed by atoms with Gasteiger partial charge in [0.05, 0.1) is 0 Å². The average Bonchev–Trinajstić information content (AvgIpc) is 2.16. The molecule has 0 radical (unpaired) electrons. The van der Waals surface area contributed by atoms with Crippen LogP contribution in [0, 0.1) is 6.92 Å². The van der Waals surface area contributed by atoms with Gasteiger partial charge in [-0.15, -0.1) is 0 Å². The summed E-state index contributed by atoms with van der Waals surface area (Å²) in [6.07, 6.45) is 2.85. The highest BCUT2D eigenvalue weighted by atomic mass is 32.2. The van der Waals surface area contributed by atoms with Crippen LogP contribution in [0.1, 0.15) is 22.5 Å². The van der Waals surface area contributed by atoms with E-state index in [1.54, 1.807) is 6.20 Å². The molecule has 0 unspecified atom stereocenters. The first-order valence-corrected chi connectivity index (χ1v) is 5.68. The Morgan fingerprint density at radius 2 is 2.40 bits per heavy atom. The number of carbonyl (C=O) groups is 1. The van der Waals surface area contributed by atoms with Crippen LogP contribution in [-0.2, 0) is 0 Å². The highest BCUT2D eigenvalue weighted by Gasteiger charge is 2.17. The van der Waals surface area contributed by atoms with Crippen molar-refractivity contribution in [3.63, 3.8) is 0 Å². The van der Waals surface area contributed by atoms with Gasteiger partial charge in [-0.05, 0) is 25.0 Å². The van der Waals surface area contributed by atoms with Crippen LogP contribution in [0.3, 0.4) is 0 Å². The maximum Gasteiger partial charge on any atom is 0.280 e. The summed E-state index contributed by atoms with van der Waals surface area (Å²) >= 11 is 1.37. The SMILES string of the molecule is Cc1cccnc1C(=O)NSN1CCC1. The van der Waals surface area contributed by atoms with Crippen LogP contribution >= 0.6 is 12.1 Å². The largest absolute Gasteiger partial charge is 0.281 e. The predicted octanol–water partition coefficient (Wildman–Crippen LogP) is 1.39. The van der Waals surface area contributed by atoms with Gasteiger partial charge in [-0.1, -0.05) is 6.07 Å². The second-order valence-electron chi connectivity index (χ2n) is 3.47. The third kappa shape index (κ3) is 2.49. The summed E-state index contributed by atoms with van der Waals surface area (Å²) in [7, 11) is 0. The van der Waals surface area contributed by atoms with E-state index < -0.39 is 0 Å². The van der Waals surface area contributed by atoms with E-state index in [2.05, 4.69) is 14.0 Å². The molecule has 0 aliphatic carbocycles. The van der Waals surface area contributed by atoms with Crippen LogP contribution in [0.4, 0.5) is 0 Å². The molecule has 1 aromatic heterocycles. The fraction of sp³-hybridized carbons (Fsp3) is 0.400. The van der Waals surface area contributed by atoms with Crippen molar-refractivity contribution in [3.8, 4) is 0 Å². The Hall–Kier alpha value is -1.07. The first-order valence-electron chi connectivity index (χ1n) is 4.91. The lowest BCUT2D eigenvalue weighted by atomic mass is 10.2. The zero-order valence-electron chi connectivity index (χ0n) is 8.56. The zero-order valence-corrected chi connectivity index (χ0v) is 9.38. The molecule has 5 heteroatoms. The lowest BCUT2D eigenvalue weighted by molar-refractivity contribution is 0.0977. The number of rotatable bonds is 3. The Balaban J connectivity index is 1.92. The molecule has 2 rings (SSSR count). The molecule has 4 nitrogen and oxygen atoms in total. The molecule has 1 N–H and O–H groups in total. The zero-order chi connectivity index (χ0) is 10.7. The predicted molar refractivity (Wildman–Crippen MR) is 60.2 cm³/mol. The van der Waals surface area contributed by atoms with Crippen LogP contribution in [0.5, 0.6) is 0 Å². The van der Waals surface area contributed by atoms with Crippen LogP contribution in [0.25, 0.3) is 0 Å². The van der Waals surface area contributed by atoms with Gasteiger partial charge in [-0.3, -0.25) is 14.5 Å². The summed E-state index contributed by atoms with van der Waals surface area (Å²) in [5, 5.41) is 0. The van der Waals surface area contributed by atoms with E-state index in [-0.39, 0.29) is 5.91 Å². The topological polar surface area (TPSA) is 45.2 Å². The van der Waals surface area contributed by atoms with Crippen LogP contribution in [0.15, 0.2) is 18.3 Å². The minimum absolute atomic E-state index is 0.120. The van der Waals surface area contributed by atoms with Crippen molar-refractivity contribution in [1.82, 2.24) is 14.0 Å². The lowest BCUT2D eigenvalue weighted by Crippen LogP contribution is -2.35. The van der Waals surface area contributed by atoms with E-state index in [0.717, 1.165) is 18.7 Å². The minimum Gasteiger partial charge on any atom is -0.281 e. The van der Waals surface area contributed by atoms with Gasteiger partial charge in [0.2, 0.25) is 0 Å². The Bertz CT molecular complexity index is 365. The summed E-state index contributed by atoms with van der Waals surface area (Å²) in [5.74, 6) is -0.120. The number of nitrogens with one attached hydrogen (secondary N) is 1. The molecule has 1 aliphatic rings. The van der Waals surface area contributed by atoms with Gasteiger partial charge in [0.1, 0.15) is 5.69 Å². The number of pyridine rings is 1. The summed E-state index contributed by atoms with van der Waals surface area (Å²) < 4.78 is 4.89. The molecule has 15 heavy (non-hydrogen) atoms. The van der Waals surface area contributed by atoms with Crippen molar-refractivity contribution in [3.05, 3.63) is 29.6 Å². The van der Waals surface area contributed by atoms with E-state index in [1.165, 1.54) is 18.6 Å². The maximum atomic E-state index is 11.7. The number of nitrogens with zero attached hydrogens (tertiary/aromatic N) is 2. The van der Waals surface area contributed by atoms with E-state index in [9.17, 15) is 4.79 Å². The van der Waals surface area contributed by atoms with Crippen LogP contribution in [-0.4, -0.2) is 28.3 Å². The maximum absolute atomic E-state index is 11.7. The molecule has 80 valence electrons. The van der Waals surface area contributed by atoms with Gasteiger partial charge >= 0.3 is 0 Å². The van der Waals surface area contributed by atoms with Crippen molar-refractivity contribution < 1.29 is 4.79 Å². The average molecular weight is 223 g/mol. The molecule has 2 heterocycles. The molecule has 1 aliphatic heterocycles. The number of amides is 1. The quantitative estimate of drug-likeness (QED) is 0.786. The standard InChI is InChI=1S/C10H13N3OS/c1-8-4-2-5-11-9(8)10(14)12-15-13-6-3-7-13/h2,4-5H,3,6-7H2,1H3,(H,12,14). The van der Waals surface area contributed by atoms with Crippen molar-refractivity contribution in [1.29, 1.82) is 0 Å². The van der Waals surface area contributed by atoms with Gasteiger partial charge in [-0.25, -0.2) is 4.31 Å². The molecular weight excluding hydrogens is 210 g/mol. The number of carbonyl (C=O) groups excluding carboxylic acids is 1.